The summed E-state index contributed by atoms with van der Waals surface area (Å²) in [6.07, 6.45) is -1.40. The first-order chi connectivity index (χ1) is 20.2. The van der Waals surface area contributed by atoms with Gasteiger partial charge in [0.05, 0.1) is 6.54 Å². The van der Waals surface area contributed by atoms with E-state index in [2.05, 4.69) is 26.2 Å². The Balaban J connectivity index is 1.36. The van der Waals surface area contributed by atoms with Gasteiger partial charge in [0.2, 0.25) is 5.96 Å². The molecule has 3 amide bonds. The van der Waals surface area contributed by atoms with Gasteiger partial charge in [0.15, 0.2) is 5.54 Å². The summed E-state index contributed by atoms with van der Waals surface area (Å²) in [5.41, 5.74) is 2.44. The molecule has 0 fully saturated rings. The van der Waals surface area contributed by atoms with Gasteiger partial charge in [0, 0.05) is 23.1 Å². The van der Waals surface area contributed by atoms with Crippen LogP contribution in [0.1, 0.15) is 38.2 Å². The molecule has 4 aromatic rings. The van der Waals surface area contributed by atoms with Gasteiger partial charge in [-0.2, -0.15) is 0 Å². The number of nitrogens with one attached hydrogen (secondary N) is 1. The SMILES string of the molecule is O=C(O)NC1=NC(c2ccc(F)cc2)(c2cccc(Br)c2)C(=O)N1Cc1cccc(C(=O)N2Cc3ccccc3C2)c1. The van der Waals surface area contributed by atoms with E-state index in [-0.39, 0.29) is 18.4 Å². The highest BCUT2D eigenvalue weighted by atomic mass is 79.9. The van der Waals surface area contributed by atoms with E-state index in [0.717, 1.165) is 11.1 Å². The van der Waals surface area contributed by atoms with E-state index in [1.165, 1.54) is 29.2 Å². The second-order valence-corrected chi connectivity index (χ2v) is 11.0. The van der Waals surface area contributed by atoms with Crippen LogP contribution in [0.2, 0.25) is 0 Å². The molecule has 1 atom stereocenters. The zero-order valence-corrected chi connectivity index (χ0v) is 23.7. The highest BCUT2D eigenvalue weighted by molar-refractivity contribution is 9.10. The monoisotopic (exact) mass is 626 g/mol. The summed E-state index contributed by atoms with van der Waals surface area (Å²) in [7, 11) is 0. The molecule has 42 heavy (non-hydrogen) atoms. The number of hydrogen-bond acceptors (Lipinski definition) is 4. The number of hydrogen-bond donors (Lipinski definition) is 2. The van der Waals surface area contributed by atoms with Crippen molar-refractivity contribution in [1.82, 2.24) is 15.1 Å². The molecule has 4 aromatic carbocycles. The van der Waals surface area contributed by atoms with Crippen molar-refractivity contribution >= 4 is 39.8 Å². The van der Waals surface area contributed by atoms with Crippen molar-refractivity contribution in [2.75, 3.05) is 0 Å². The fraction of sp³-hybridized carbons (Fsp3) is 0.125. The Hall–Kier alpha value is -4.83. The van der Waals surface area contributed by atoms with Crippen LogP contribution in [0.25, 0.3) is 0 Å². The third kappa shape index (κ3) is 4.94. The largest absolute Gasteiger partial charge is 0.465 e. The maximum atomic E-state index is 14.4. The average Bonchev–Trinajstić information content (AvgIpc) is 3.53. The summed E-state index contributed by atoms with van der Waals surface area (Å²) < 4.78 is 14.6. The Morgan fingerprint density at radius 3 is 2.26 bits per heavy atom. The fourth-order valence-electron chi connectivity index (χ4n) is 5.49. The third-order valence-corrected chi connectivity index (χ3v) is 7.94. The minimum absolute atomic E-state index is 0.0593. The van der Waals surface area contributed by atoms with E-state index >= 15 is 0 Å². The average molecular weight is 627 g/mol. The molecule has 0 aromatic heterocycles. The number of aliphatic imine (C=N–C) groups is 1. The number of benzene rings is 4. The quantitative estimate of drug-likeness (QED) is 0.299. The lowest BCUT2D eigenvalue weighted by molar-refractivity contribution is -0.130. The van der Waals surface area contributed by atoms with Crippen molar-refractivity contribution in [2.24, 2.45) is 4.99 Å². The number of carbonyl (C=O) groups is 3. The van der Waals surface area contributed by atoms with Crippen molar-refractivity contribution < 1.29 is 23.9 Å². The summed E-state index contributed by atoms with van der Waals surface area (Å²) >= 11 is 3.44. The molecule has 0 aliphatic carbocycles. The summed E-state index contributed by atoms with van der Waals surface area (Å²) in [6.45, 7) is 0.961. The molecule has 0 saturated carbocycles. The number of fused-ring (bicyclic) bond motifs is 1. The zero-order chi connectivity index (χ0) is 29.4. The highest BCUT2D eigenvalue weighted by Crippen LogP contribution is 2.41. The number of amides is 3. The molecule has 210 valence electrons. The lowest BCUT2D eigenvalue weighted by Crippen LogP contribution is -2.45. The minimum atomic E-state index is -1.68. The first-order valence-corrected chi connectivity index (χ1v) is 13.9. The molecule has 0 saturated heterocycles. The summed E-state index contributed by atoms with van der Waals surface area (Å²) in [4.78, 5) is 47.2. The molecule has 2 aliphatic heterocycles. The molecule has 2 N–H and O–H groups in total. The number of halogens is 2. The van der Waals surface area contributed by atoms with E-state index in [9.17, 15) is 23.9 Å². The number of carboxylic acid groups (broad SMARTS) is 1. The van der Waals surface area contributed by atoms with E-state index < -0.39 is 23.4 Å². The standard InChI is InChI=1S/C32H24BrFN4O4/c33-26-10-4-9-25(16-26)32(24-11-13-27(34)14-12-24)29(40)38(30(36-32)35-31(41)42)17-20-5-3-8-21(15-20)28(39)37-18-22-6-1-2-7-23(22)19-37/h1-16H,17-19H2,(H,35,36)(H,41,42). The molecule has 2 aliphatic rings. The molecule has 8 nitrogen and oxygen atoms in total. The first kappa shape index (κ1) is 27.3. The van der Waals surface area contributed by atoms with E-state index in [4.69, 9.17) is 0 Å². The summed E-state index contributed by atoms with van der Waals surface area (Å²) in [6, 6.07) is 27.2. The highest BCUT2D eigenvalue weighted by Gasteiger charge is 2.51. The number of nitrogens with zero attached hydrogens (tertiary/aromatic N) is 3. The Morgan fingerprint density at radius 1 is 0.905 bits per heavy atom. The lowest BCUT2D eigenvalue weighted by Gasteiger charge is -2.27. The van der Waals surface area contributed by atoms with Gasteiger partial charge in [-0.05, 0) is 64.2 Å². The van der Waals surface area contributed by atoms with Gasteiger partial charge in [-0.3, -0.25) is 19.8 Å². The van der Waals surface area contributed by atoms with Gasteiger partial charge in [0.1, 0.15) is 5.82 Å². The number of rotatable bonds is 5. The predicted molar refractivity (Wildman–Crippen MR) is 157 cm³/mol. The topological polar surface area (TPSA) is 102 Å². The molecule has 10 heteroatoms. The van der Waals surface area contributed by atoms with Crippen molar-refractivity contribution in [3.8, 4) is 0 Å². The molecular weight excluding hydrogens is 603 g/mol. The van der Waals surface area contributed by atoms with Crippen LogP contribution in [0.5, 0.6) is 0 Å². The fourth-order valence-corrected chi connectivity index (χ4v) is 5.89. The lowest BCUT2D eigenvalue weighted by atomic mass is 9.83. The Labute approximate surface area is 249 Å². The summed E-state index contributed by atoms with van der Waals surface area (Å²) in [5, 5.41) is 11.9. The van der Waals surface area contributed by atoms with E-state index in [0.29, 0.717) is 39.8 Å². The molecule has 0 bridgehead atoms. The van der Waals surface area contributed by atoms with Crippen LogP contribution in [0.3, 0.4) is 0 Å². The van der Waals surface area contributed by atoms with Crippen LogP contribution in [0.4, 0.5) is 9.18 Å². The maximum Gasteiger partial charge on any atom is 0.411 e. The van der Waals surface area contributed by atoms with E-state index in [1.807, 2.05) is 24.3 Å². The van der Waals surface area contributed by atoms with Crippen LogP contribution in [-0.2, 0) is 30.0 Å². The number of carbonyl (C=O) groups excluding carboxylic acids is 2. The second-order valence-electron chi connectivity index (χ2n) is 10.1. The number of guanidine groups is 1. The Bertz CT molecular complexity index is 1730. The zero-order valence-electron chi connectivity index (χ0n) is 22.1. The molecule has 6 rings (SSSR count). The Kier molecular flexibility index (Phi) is 7.07. The van der Waals surface area contributed by atoms with Crippen LogP contribution in [0, 0.1) is 5.82 Å². The van der Waals surface area contributed by atoms with Crippen molar-refractivity contribution in [3.05, 3.63) is 141 Å². The maximum absolute atomic E-state index is 14.4. The second kappa shape index (κ2) is 10.9. The van der Waals surface area contributed by atoms with Gasteiger partial charge in [-0.1, -0.05) is 76.6 Å². The minimum Gasteiger partial charge on any atom is -0.465 e. The van der Waals surface area contributed by atoms with Gasteiger partial charge in [-0.15, -0.1) is 0 Å². The van der Waals surface area contributed by atoms with Gasteiger partial charge < -0.3 is 10.0 Å². The van der Waals surface area contributed by atoms with Crippen molar-refractivity contribution in [3.63, 3.8) is 0 Å². The van der Waals surface area contributed by atoms with Crippen molar-refractivity contribution in [2.45, 2.75) is 25.2 Å². The van der Waals surface area contributed by atoms with Crippen LogP contribution in [-0.4, -0.2) is 38.8 Å². The van der Waals surface area contributed by atoms with Crippen LogP contribution >= 0.6 is 15.9 Å². The van der Waals surface area contributed by atoms with E-state index in [1.54, 1.807) is 53.4 Å². The van der Waals surface area contributed by atoms with Gasteiger partial charge >= 0.3 is 6.09 Å². The summed E-state index contributed by atoms with van der Waals surface area (Å²) in [5.74, 6) is -1.33. The molecule has 0 spiro atoms. The molecule has 0 radical (unpaired) electrons. The molecule has 1 unspecified atom stereocenters. The van der Waals surface area contributed by atoms with Crippen LogP contribution < -0.4 is 5.32 Å². The van der Waals surface area contributed by atoms with Crippen LogP contribution in [0.15, 0.2) is 107 Å². The predicted octanol–water partition coefficient (Wildman–Crippen LogP) is 5.65. The smallest absolute Gasteiger partial charge is 0.411 e. The third-order valence-electron chi connectivity index (χ3n) is 7.45. The van der Waals surface area contributed by atoms with Crippen molar-refractivity contribution in [1.29, 1.82) is 0 Å². The Morgan fingerprint density at radius 2 is 1.60 bits per heavy atom. The molecule has 2 heterocycles. The normalized spacial score (nSPS) is 17.7. The van der Waals surface area contributed by atoms with Gasteiger partial charge in [0.25, 0.3) is 11.8 Å². The van der Waals surface area contributed by atoms with Gasteiger partial charge in [-0.25, -0.2) is 14.2 Å². The first-order valence-electron chi connectivity index (χ1n) is 13.1. The molecular formula is C32H24BrFN4O4.